The van der Waals surface area contributed by atoms with Gasteiger partial charge in [0.25, 0.3) is 10.0 Å². The molecule has 2 atom stereocenters. The Bertz CT molecular complexity index is 990. The molecule has 8 heteroatoms. The summed E-state index contributed by atoms with van der Waals surface area (Å²) >= 11 is 0. The van der Waals surface area contributed by atoms with Gasteiger partial charge in [0, 0.05) is 12.2 Å². The van der Waals surface area contributed by atoms with E-state index in [-0.39, 0.29) is 13.2 Å². The first-order valence-electron chi connectivity index (χ1n) is 8.87. The molecule has 0 aromatic heterocycles. The second-order valence-corrected chi connectivity index (χ2v) is 8.46. The summed E-state index contributed by atoms with van der Waals surface area (Å²) in [6, 6.07) is 13.7. The Balaban J connectivity index is 1.55. The van der Waals surface area contributed by atoms with Crippen LogP contribution in [0.2, 0.25) is 0 Å². The van der Waals surface area contributed by atoms with Crippen LogP contribution in [0.15, 0.2) is 42.5 Å². The minimum atomic E-state index is -3.83. The number of ether oxygens (including phenoxy) is 1. The standard InChI is InChI=1S/C19H21N3O4S/c1-2-26-19(23)17-11-20-21-18(17)27(24,25)22-14-7-8-16-13(10-14)9-12-5-3-4-6-15(12)16/h3-8,10,17-18,20-22H,2,9,11H2,1H3. The first-order valence-corrected chi connectivity index (χ1v) is 10.4. The van der Waals surface area contributed by atoms with Crippen molar-refractivity contribution < 1.29 is 17.9 Å². The highest BCUT2D eigenvalue weighted by atomic mass is 32.2. The number of carbonyl (C=O) groups is 1. The molecule has 4 rings (SSSR count). The fraction of sp³-hybridized carbons (Fsp3) is 0.316. The van der Waals surface area contributed by atoms with E-state index in [1.165, 1.54) is 11.1 Å². The lowest BCUT2D eigenvalue weighted by Crippen LogP contribution is -2.44. The summed E-state index contributed by atoms with van der Waals surface area (Å²) in [6.07, 6.45) is 0.774. The van der Waals surface area contributed by atoms with Crippen LogP contribution in [0.25, 0.3) is 11.1 Å². The lowest BCUT2D eigenvalue weighted by atomic mass is 10.1. The molecule has 2 aromatic rings. The second kappa shape index (κ2) is 6.95. The van der Waals surface area contributed by atoms with E-state index in [1.54, 1.807) is 13.0 Å². The van der Waals surface area contributed by atoms with Crippen LogP contribution in [0.4, 0.5) is 5.69 Å². The van der Waals surface area contributed by atoms with Crippen molar-refractivity contribution in [2.24, 2.45) is 5.92 Å². The number of esters is 1. The van der Waals surface area contributed by atoms with Gasteiger partial charge in [-0.2, -0.15) is 0 Å². The van der Waals surface area contributed by atoms with Crippen molar-refractivity contribution in [3.05, 3.63) is 53.6 Å². The average molecular weight is 387 g/mol. The zero-order valence-electron chi connectivity index (χ0n) is 14.9. The number of nitrogens with one attached hydrogen (secondary N) is 3. The SMILES string of the molecule is CCOC(=O)C1CNNC1S(=O)(=O)Nc1ccc2c(c1)Cc1ccccc1-2. The first-order chi connectivity index (χ1) is 13.0. The van der Waals surface area contributed by atoms with Gasteiger partial charge in [-0.15, -0.1) is 0 Å². The molecule has 142 valence electrons. The van der Waals surface area contributed by atoms with Gasteiger partial charge in [-0.25, -0.2) is 13.8 Å². The Morgan fingerprint density at radius 2 is 1.96 bits per heavy atom. The third-order valence-corrected chi connectivity index (χ3v) is 6.54. The van der Waals surface area contributed by atoms with E-state index in [0.717, 1.165) is 17.5 Å². The molecule has 27 heavy (non-hydrogen) atoms. The molecule has 7 nitrogen and oxygen atoms in total. The molecule has 2 unspecified atom stereocenters. The summed E-state index contributed by atoms with van der Waals surface area (Å²) in [7, 11) is -3.83. The molecule has 3 N–H and O–H groups in total. The minimum Gasteiger partial charge on any atom is -0.466 e. The number of rotatable bonds is 5. The summed E-state index contributed by atoms with van der Waals surface area (Å²) < 4.78 is 33.2. The van der Waals surface area contributed by atoms with E-state index in [0.29, 0.717) is 5.69 Å². The molecular weight excluding hydrogens is 366 g/mol. The van der Waals surface area contributed by atoms with Crippen LogP contribution < -0.4 is 15.6 Å². The fourth-order valence-corrected chi connectivity index (χ4v) is 5.12. The van der Waals surface area contributed by atoms with Gasteiger partial charge in [0.2, 0.25) is 0 Å². The van der Waals surface area contributed by atoms with Crippen LogP contribution in [-0.2, 0) is 26.0 Å². The molecule has 1 heterocycles. The summed E-state index contributed by atoms with van der Waals surface area (Å²) in [6.45, 7) is 2.10. The van der Waals surface area contributed by atoms with E-state index in [4.69, 9.17) is 4.74 Å². The van der Waals surface area contributed by atoms with Gasteiger partial charge in [0.15, 0.2) is 5.37 Å². The highest BCUT2D eigenvalue weighted by Crippen LogP contribution is 2.37. The number of sulfonamides is 1. The molecule has 0 amide bonds. The molecule has 1 aliphatic heterocycles. The number of anilines is 1. The molecule has 2 aromatic carbocycles. The minimum absolute atomic E-state index is 0.198. The van der Waals surface area contributed by atoms with Crippen molar-refractivity contribution in [2.45, 2.75) is 18.7 Å². The van der Waals surface area contributed by atoms with E-state index in [2.05, 4.69) is 27.7 Å². The van der Waals surface area contributed by atoms with Gasteiger partial charge in [0.05, 0.1) is 6.61 Å². The maximum Gasteiger partial charge on any atom is 0.313 e. The van der Waals surface area contributed by atoms with E-state index in [9.17, 15) is 13.2 Å². The van der Waals surface area contributed by atoms with Crippen molar-refractivity contribution in [3.8, 4) is 11.1 Å². The van der Waals surface area contributed by atoms with Crippen molar-refractivity contribution in [1.82, 2.24) is 10.9 Å². The zero-order valence-corrected chi connectivity index (χ0v) is 15.7. The highest BCUT2D eigenvalue weighted by molar-refractivity contribution is 7.93. The molecule has 1 saturated heterocycles. The van der Waals surface area contributed by atoms with Gasteiger partial charge >= 0.3 is 5.97 Å². The molecule has 2 aliphatic rings. The Labute approximate surface area is 158 Å². The quantitative estimate of drug-likeness (QED) is 0.576. The number of hydrogen-bond donors (Lipinski definition) is 3. The largest absolute Gasteiger partial charge is 0.466 e. The number of benzene rings is 2. The Morgan fingerprint density at radius 1 is 1.19 bits per heavy atom. The van der Waals surface area contributed by atoms with Crippen molar-refractivity contribution in [1.29, 1.82) is 0 Å². The van der Waals surface area contributed by atoms with Crippen LogP contribution in [-0.4, -0.2) is 32.9 Å². The lowest BCUT2D eigenvalue weighted by Gasteiger charge is -2.19. The Morgan fingerprint density at radius 3 is 2.78 bits per heavy atom. The molecule has 0 radical (unpaired) electrons. The molecule has 0 saturated carbocycles. The fourth-order valence-electron chi connectivity index (χ4n) is 3.66. The van der Waals surface area contributed by atoms with Crippen molar-refractivity contribution >= 4 is 21.7 Å². The second-order valence-electron chi connectivity index (χ2n) is 6.66. The van der Waals surface area contributed by atoms with Crippen LogP contribution in [0.5, 0.6) is 0 Å². The molecule has 0 bridgehead atoms. The number of fused-ring (bicyclic) bond motifs is 3. The molecule has 1 aliphatic carbocycles. The number of carbonyl (C=O) groups excluding carboxylic acids is 1. The maximum absolute atomic E-state index is 12.8. The van der Waals surface area contributed by atoms with Gasteiger partial charge in [0.1, 0.15) is 5.92 Å². The van der Waals surface area contributed by atoms with Crippen LogP contribution in [0.1, 0.15) is 18.1 Å². The number of hydrogen-bond acceptors (Lipinski definition) is 6. The van der Waals surface area contributed by atoms with E-state index >= 15 is 0 Å². The molecule has 1 fully saturated rings. The topological polar surface area (TPSA) is 96.5 Å². The predicted octanol–water partition coefficient (Wildman–Crippen LogP) is 1.61. The number of hydrazine groups is 1. The summed E-state index contributed by atoms with van der Waals surface area (Å²) in [5.41, 5.74) is 10.5. The molecular formula is C19H21N3O4S. The van der Waals surface area contributed by atoms with Crippen molar-refractivity contribution in [2.75, 3.05) is 17.9 Å². The molecule has 0 spiro atoms. The first kappa shape index (κ1) is 18.0. The third-order valence-electron chi connectivity index (χ3n) is 4.91. The summed E-state index contributed by atoms with van der Waals surface area (Å²) in [5.74, 6) is -1.34. The van der Waals surface area contributed by atoms with Gasteiger partial charge in [-0.1, -0.05) is 30.3 Å². The summed E-state index contributed by atoms with van der Waals surface area (Å²) in [4.78, 5) is 12.0. The monoisotopic (exact) mass is 387 g/mol. The van der Waals surface area contributed by atoms with Gasteiger partial charge in [-0.3, -0.25) is 14.9 Å². The normalized spacial score (nSPS) is 20.8. The Kier molecular flexibility index (Phi) is 4.63. The average Bonchev–Trinajstić information content (AvgIpc) is 3.26. The lowest BCUT2D eigenvalue weighted by molar-refractivity contribution is -0.147. The van der Waals surface area contributed by atoms with Crippen molar-refractivity contribution in [3.63, 3.8) is 0 Å². The van der Waals surface area contributed by atoms with Crippen LogP contribution >= 0.6 is 0 Å². The third kappa shape index (κ3) is 3.31. The highest BCUT2D eigenvalue weighted by Gasteiger charge is 2.42. The zero-order chi connectivity index (χ0) is 19.0. The Hall–Kier alpha value is -2.42. The summed E-state index contributed by atoms with van der Waals surface area (Å²) in [5, 5.41) is -1.10. The van der Waals surface area contributed by atoms with E-state index < -0.39 is 27.3 Å². The predicted molar refractivity (Wildman–Crippen MR) is 102 cm³/mol. The van der Waals surface area contributed by atoms with Gasteiger partial charge in [-0.05, 0) is 47.7 Å². The van der Waals surface area contributed by atoms with E-state index in [1.807, 2.05) is 24.3 Å². The maximum atomic E-state index is 12.8. The van der Waals surface area contributed by atoms with Crippen LogP contribution in [0, 0.1) is 5.92 Å². The van der Waals surface area contributed by atoms with Crippen LogP contribution in [0.3, 0.4) is 0 Å². The van der Waals surface area contributed by atoms with Gasteiger partial charge < -0.3 is 4.74 Å². The smallest absolute Gasteiger partial charge is 0.313 e.